The second-order valence-electron chi connectivity index (χ2n) is 5.93. The fraction of sp³-hybridized carbons (Fsp3) is 0.588. The van der Waals surface area contributed by atoms with Crippen LogP contribution in [0.1, 0.15) is 25.3 Å². The van der Waals surface area contributed by atoms with E-state index < -0.39 is 0 Å². The molecule has 0 unspecified atom stereocenters. The van der Waals surface area contributed by atoms with Crippen LogP contribution in [-0.2, 0) is 4.79 Å². The van der Waals surface area contributed by atoms with Gasteiger partial charge in [-0.1, -0.05) is 19.1 Å². The molecular weight excluding hydrogens is 262 g/mol. The summed E-state index contributed by atoms with van der Waals surface area (Å²) in [5.74, 6) is 0.742. The van der Waals surface area contributed by atoms with Crippen molar-refractivity contribution >= 4 is 11.6 Å². The van der Waals surface area contributed by atoms with Gasteiger partial charge in [-0.15, -0.1) is 0 Å². The number of nitrogens with zero attached hydrogens (tertiary/aromatic N) is 1. The van der Waals surface area contributed by atoms with Gasteiger partial charge in [-0.2, -0.15) is 0 Å². The van der Waals surface area contributed by atoms with Crippen LogP contribution in [0.4, 0.5) is 5.69 Å². The Labute approximate surface area is 127 Å². The number of carbonyl (C=O) groups excluding carboxylic acids is 1. The summed E-state index contributed by atoms with van der Waals surface area (Å²) in [6.45, 7) is 9.11. The summed E-state index contributed by atoms with van der Waals surface area (Å²) in [7, 11) is 0. The summed E-state index contributed by atoms with van der Waals surface area (Å²) in [6.07, 6.45) is 2.47. The number of anilines is 1. The smallest absolute Gasteiger partial charge is 0.238 e. The molecule has 1 aromatic carbocycles. The van der Waals surface area contributed by atoms with Crippen LogP contribution in [0, 0.1) is 12.8 Å². The van der Waals surface area contributed by atoms with Crippen LogP contribution in [0.15, 0.2) is 24.3 Å². The number of likely N-dealkylation sites (tertiary alicyclic amines) is 1. The zero-order valence-corrected chi connectivity index (χ0v) is 13.2. The minimum Gasteiger partial charge on any atom is -0.325 e. The van der Waals surface area contributed by atoms with Crippen LogP contribution in [-0.4, -0.2) is 43.5 Å². The monoisotopic (exact) mass is 289 g/mol. The van der Waals surface area contributed by atoms with Crippen molar-refractivity contribution in [2.45, 2.75) is 26.7 Å². The van der Waals surface area contributed by atoms with Gasteiger partial charge in [0.25, 0.3) is 0 Å². The molecule has 1 fully saturated rings. The van der Waals surface area contributed by atoms with E-state index in [4.69, 9.17) is 0 Å². The van der Waals surface area contributed by atoms with Crippen LogP contribution < -0.4 is 10.6 Å². The first-order chi connectivity index (χ1) is 10.2. The molecule has 0 aliphatic carbocycles. The largest absolute Gasteiger partial charge is 0.325 e. The maximum atomic E-state index is 11.9. The lowest BCUT2D eigenvalue weighted by Gasteiger charge is -2.31. The quantitative estimate of drug-likeness (QED) is 0.844. The molecular formula is C17H27N3O. The molecule has 4 heteroatoms. The number of amides is 1. The average Bonchev–Trinajstić information content (AvgIpc) is 2.48. The van der Waals surface area contributed by atoms with Crippen molar-refractivity contribution in [3.63, 3.8) is 0 Å². The summed E-state index contributed by atoms with van der Waals surface area (Å²) in [4.78, 5) is 14.4. The molecule has 0 spiro atoms. The third-order valence-electron chi connectivity index (χ3n) is 4.17. The van der Waals surface area contributed by atoms with Crippen molar-refractivity contribution in [2.24, 2.45) is 5.92 Å². The highest BCUT2D eigenvalue weighted by atomic mass is 16.1. The number of aryl methyl sites for hydroxylation is 1. The molecule has 2 rings (SSSR count). The van der Waals surface area contributed by atoms with Crippen molar-refractivity contribution in [2.75, 3.05) is 38.0 Å². The highest BCUT2D eigenvalue weighted by Gasteiger charge is 2.17. The maximum Gasteiger partial charge on any atom is 0.238 e. The van der Waals surface area contributed by atoms with Crippen LogP contribution in [0.25, 0.3) is 0 Å². The number of carbonyl (C=O) groups is 1. The third-order valence-corrected chi connectivity index (χ3v) is 4.17. The van der Waals surface area contributed by atoms with E-state index in [1.807, 2.05) is 31.2 Å². The Morgan fingerprint density at radius 3 is 2.76 bits per heavy atom. The Bertz CT molecular complexity index is 453. The molecule has 0 aromatic heterocycles. The second-order valence-corrected chi connectivity index (χ2v) is 5.93. The van der Waals surface area contributed by atoms with Crippen LogP contribution in [0.5, 0.6) is 0 Å². The highest BCUT2D eigenvalue weighted by Crippen LogP contribution is 2.15. The van der Waals surface area contributed by atoms with Crippen molar-refractivity contribution in [1.29, 1.82) is 0 Å². The number of benzene rings is 1. The van der Waals surface area contributed by atoms with Gasteiger partial charge in [0.2, 0.25) is 5.91 Å². The molecule has 1 aromatic rings. The highest BCUT2D eigenvalue weighted by molar-refractivity contribution is 5.92. The van der Waals surface area contributed by atoms with Gasteiger partial charge in [0, 0.05) is 5.69 Å². The van der Waals surface area contributed by atoms with E-state index in [2.05, 4.69) is 22.5 Å². The van der Waals surface area contributed by atoms with Gasteiger partial charge in [-0.05, 0) is 69.6 Å². The molecule has 0 bridgehead atoms. The number of hydrogen-bond donors (Lipinski definition) is 2. The predicted molar refractivity (Wildman–Crippen MR) is 87.5 cm³/mol. The van der Waals surface area contributed by atoms with Gasteiger partial charge in [-0.3, -0.25) is 4.79 Å². The molecule has 1 heterocycles. The summed E-state index contributed by atoms with van der Waals surface area (Å²) in [5, 5.41) is 6.22. The molecule has 0 saturated carbocycles. The average molecular weight is 289 g/mol. The topological polar surface area (TPSA) is 44.4 Å². The number of nitrogens with one attached hydrogen (secondary N) is 2. The molecule has 21 heavy (non-hydrogen) atoms. The van der Waals surface area contributed by atoms with Crippen LogP contribution in [0.3, 0.4) is 0 Å². The number of hydrogen-bond acceptors (Lipinski definition) is 3. The van der Waals surface area contributed by atoms with Crippen molar-refractivity contribution in [3.05, 3.63) is 29.8 Å². The van der Waals surface area contributed by atoms with Gasteiger partial charge in [0.05, 0.1) is 6.54 Å². The number of rotatable bonds is 6. The summed E-state index contributed by atoms with van der Waals surface area (Å²) in [6, 6.07) is 7.89. The lowest BCUT2D eigenvalue weighted by atomic mass is 9.97. The molecule has 2 N–H and O–H groups in total. The maximum absolute atomic E-state index is 11.9. The molecule has 1 amide bonds. The van der Waals surface area contributed by atoms with Gasteiger partial charge < -0.3 is 15.5 Å². The lowest BCUT2D eigenvalue weighted by molar-refractivity contribution is -0.115. The van der Waals surface area contributed by atoms with E-state index in [0.717, 1.165) is 24.3 Å². The Morgan fingerprint density at radius 2 is 2.10 bits per heavy atom. The van der Waals surface area contributed by atoms with Gasteiger partial charge in [-0.25, -0.2) is 0 Å². The Balaban J connectivity index is 1.63. The summed E-state index contributed by atoms with van der Waals surface area (Å²) in [5.41, 5.74) is 2.03. The Kier molecular flexibility index (Phi) is 6.21. The van der Waals surface area contributed by atoms with E-state index in [0.29, 0.717) is 12.5 Å². The van der Waals surface area contributed by atoms with E-state index in [1.54, 1.807) is 0 Å². The first-order valence-corrected chi connectivity index (χ1v) is 7.97. The molecule has 1 aliphatic heterocycles. The molecule has 0 atom stereocenters. The summed E-state index contributed by atoms with van der Waals surface area (Å²) < 4.78 is 0. The summed E-state index contributed by atoms with van der Waals surface area (Å²) >= 11 is 0. The zero-order valence-electron chi connectivity index (χ0n) is 13.2. The Morgan fingerprint density at radius 1 is 1.33 bits per heavy atom. The van der Waals surface area contributed by atoms with Gasteiger partial charge >= 0.3 is 0 Å². The van der Waals surface area contributed by atoms with E-state index in [1.165, 1.54) is 25.9 Å². The lowest BCUT2D eigenvalue weighted by Crippen LogP contribution is -2.38. The molecule has 0 radical (unpaired) electrons. The van der Waals surface area contributed by atoms with E-state index in [-0.39, 0.29) is 5.91 Å². The predicted octanol–water partition coefficient (Wildman–Crippen LogP) is 2.26. The first-order valence-electron chi connectivity index (χ1n) is 7.97. The fourth-order valence-corrected chi connectivity index (χ4v) is 2.82. The van der Waals surface area contributed by atoms with Crippen LogP contribution >= 0.6 is 0 Å². The SMILES string of the molecule is CCN1CCC(CNCC(=O)Nc2cccc(C)c2)CC1. The van der Waals surface area contributed by atoms with Crippen molar-refractivity contribution < 1.29 is 4.79 Å². The molecule has 4 nitrogen and oxygen atoms in total. The molecule has 1 aliphatic rings. The normalized spacial score (nSPS) is 16.9. The first kappa shape index (κ1) is 16.0. The minimum absolute atomic E-state index is 0.0339. The number of piperidine rings is 1. The zero-order chi connectivity index (χ0) is 15.1. The van der Waals surface area contributed by atoms with Gasteiger partial charge in [0.15, 0.2) is 0 Å². The molecule has 116 valence electrons. The van der Waals surface area contributed by atoms with Gasteiger partial charge in [0.1, 0.15) is 0 Å². The molecule has 1 saturated heterocycles. The fourth-order valence-electron chi connectivity index (χ4n) is 2.82. The van der Waals surface area contributed by atoms with E-state index in [9.17, 15) is 4.79 Å². The minimum atomic E-state index is 0.0339. The van der Waals surface area contributed by atoms with Crippen molar-refractivity contribution in [3.8, 4) is 0 Å². The third kappa shape index (κ3) is 5.48. The van der Waals surface area contributed by atoms with Crippen LogP contribution in [0.2, 0.25) is 0 Å². The van der Waals surface area contributed by atoms with Crippen molar-refractivity contribution in [1.82, 2.24) is 10.2 Å². The Hall–Kier alpha value is -1.39. The standard InChI is InChI=1S/C17H27N3O/c1-3-20-9-7-15(8-10-20)12-18-13-17(21)19-16-6-4-5-14(2)11-16/h4-6,11,15,18H,3,7-10,12-13H2,1-2H3,(H,19,21). The van der Waals surface area contributed by atoms with E-state index >= 15 is 0 Å². The second kappa shape index (κ2) is 8.15.